The van der Waals surface area contributed by atoms with Gasteiger partial charge in [-0.1, -0.05) is 72.8 Å². The number of fused-ring (bicyclic) bond motifs is 4. The largest absolute Gasteiger partial charge is 0.355 e. The lowest BCUT2D eigenvalue weighted by atomic mass is 10.0. The summed E-state index contributed by atoms with van der Waals surface area (Å²) >= 11 is 1.86. The van der Waals surface area contributed by atoms with Crippen LogP contribution in [0.25, 0.3) is 42.1 Å². The van der Waals surface area contributed by atoms with Crippen molar-refractivity contribution in [1.29, 1.82) is 0 Å². The third-order valence-corrected chi connectivity index (χ3v) is 6.82. The van der Waals surface area contributed by atoms with E-state index in [1.807, 2.05) is 11.3 Å². The van der Waals surface area contributed by atoms with E-state index in [0.717, 1.165) is 11.4 Å². The molecule has 0 radical (unpaired) electrons. The summed E-state index contributed by atoms with van der Waals surface area (Å²) in [6.45, 7) is 0. The Hall–Kier alpha value is -3.62. The van der Waals surface area contributed by atoms with Crippen LogP contribution < -0.4 is 5.32 Å². The van der Waals surface area contributed by atoms with Gasteiger partial charge in [0.1, 0.15) is 0 Å². The van der Waals surface area contributed by atoms with Crippen molar-refractivity contribution in [1.82, 2.24) is 0 Å². The first-order valence-electron chi connectivity index (χ1n) is 10.1. The van der Waals surface area contributed by atoms with Crippen molar-refractivity contribution in [2.24, 2.45) is 0 Å². The summed E-state index contributed by atoms with van der Waals surface area (Å²) in [6.07, 6.45) is 0. The SMILES string of the molecule is c1ccc2c(Nc3ccc(-c4ccc5sc6ccccc6c5c4)cc3)cccc2c1. The second kappa shape index (κ2) is 7.01. The van der Waals surface area contributed by atoms with Gasteiger partial charge in [-0.2, -0.15) is 0 Å². The number of anilines is 2. The van der Waals surface area contributed by atoms with Gasteiger partial charge < -0.3 is 5.32 Å². The first-order chi connectivity index (χ1) is 14.8. The molecule has 0 amide bonds. The lowest BCUT2D eigenvalue weighted by Crippen LogP contribution is -1.91. The molecular formula is C28H19NS. The predicted octanol–water partition coefficient (Wildman–Crippen LogP) is 8.62. The third-order valence-electron chi connectivity index (χ3n) is 5.66. The van der Waals surface area contributed by atoms with Gasteiger partial charge in [0.25, 0.3) is 0 Å². The number of rotatable bonds is 3. The average Bonchev–Trinajstić information content (AvgIpc) is 3.18. The minimum atomic E-state index is 1.09. The molecule has 0 saturated heterocycles. The van der Waals surface area contributed by atoms with E-state index in [2.05, 4.69) is 115 Å². The van der Waals surface area contributed by atoms with Crippen LogP contribution in [0.15, 0.2) is 109 Å². The smallest absolute Gasteiger partial charge is 0.0463 e. The molecule has 142 valence electrons. The molecule has 0 saturated carbocycles. The van der Waals surface area contributed by atoms with Crippen molar-refractivity contribution in [2.75, 3.05) is 5.32 Å². The number of nitrogens with one attached hydrogen (secondary N) is 1. The fraction of sp³-hybridized carbons (Fsp3) is 0. The monoisotopic (exact) mass is 401 g/mol. The molecule has 5 aromatic carbocycles. The fourth-order valence-corrected chi connectivity index (χ4v) is 5.23. The maximum Gasteiger partial charge on any atom is 0.0463 e. The first kappa shape index (κ1) is 17.3. The van der Waals surface area contributed by atoms with Crippen LogP contribution in [-0.2, 0) is 0 Å². The van der Waals surface area contributed by atoms with Crippen molar-refractivity contribution in [2.45, 2.75) is 0 Å². The van der Waals surface area contributed by atoms with Crippen LogP contribution in [-0.4, -0.2) is 0 Å². The molecule has 0 unspecified atom stereocenters. The first-order valence-corrected chi connectivity index (χ1v) is 10.9. The van der Waals surface area contributed by atoms with Gasteiger partial charge in [0, 0.05) is 36.9 Å². The van der Waals surface area contributed by atoms with E-state index >= 15 is 0 Å². The van der Waals surface area contributed by atoms with Gasteiger partial charge in [0.05, 0.1) is 0 Å². The summed E-state index contributed by atoms with van der Waals surface area (Å²) in [5.74, 6) is 0. The highest BCUT2D eigenvalue weighted by atomic mass is 32.1. The second-order valence-electron chi connectivity index (χ2n) is 7.54. The highest BCUT2D eigenvalue weighted by Crippen LogP contribution is 2.36. The molecular weight excluding hydrogens is 382 g/mol. The quantitative estimate of drug-likeness (QED) is 0.313. The molecule has 1 heterocycles. The van der Waals surface area contributed by atoms with E-state index in [1.54, 1.807) is 0 Å². The van der Waals surface area contributed by atoms with Crippen LogP contribution in [0.2, 0.25) is 0 Å². The molecule has 1 nitrogen and oxygen atoms in total. The molecule has 6 aromatic rings. The summed E-state index contributed by atoms with van der Waals surface area (Å²) in [6, 6.07) is 39.0. The van der Waals surface area contributed by atoms with Crippen molar-refractivity contribution in [3.05, 3.63) is 109 Å². The molecule has 0 fully saturated rings. The summed E-state index contributed by atoms with van der Waals surface area (Å²) < 4.78 is 2.69. The molecule has 0 aliphatic heterocycles. The molecule has 0 bridgehead atoms. The van der Waals surface area contributed by atoms with E-state index in [9.17, 15) is 0 Å². The van der Waals surface area contributed by atoms with Gasteiger partial charge in [-0.3, -0.25) is 0 Å². The minimum absolute atomic E-state index is 1.09. The van der Waals surface area contributed by atoms with E-state index < -0.39 is 0 Å². The summed E-state index contributed by atoms with van der Waals surface area (Å²) in [5.41, 5.74) is 4.71. The topological polar surface area (TPSA) is 12.0 Å². The van der Waals surface area contributed by atoms with Crippen molar-refractivity contribution in [3.8, 4) is 11.1 Å². The molecule has 30 heavy (non-hydrogen) atoms. The predicted molar refractivity (Wildman–Crippen MR) is 132 cm³/mol. The van der Waals surface area contributed by atoms with Crippen molar-refractivity contribution in [3.63, 3.8) is 0 Å². The lowest BCUT2D eigenvalue weighted by Gasteiger charge is -2.11. The summed E-state index contributed by atoms with van der Waals surface area (Å²) in [7, 11) is 0. The van der Waals surface area contributed by atoms with Crippen LogP contribution in [0.3, 0.4) is 0 Å². The van der Waals surface area contributed by atoms with E-state index in [0.29, 0.717) is 0 Å². The average molecular weight is 402 g/mol. The Morgan fingerprint density at radius 1 is 0.500 bits per heavy atom. The zero-order chi connectivity index (χ0) is 19.9. The van der Waals surface area contributed by atoms with E-state index in [1.165, 1.54) is 42.1 Å². The zero-order valence-electron chi connectivity index (χ0n) is 16.3. The maximum absolute atomic E-state index is 3.58. The Labute approximate surface area is 179 Å². The van der Waals surface area contributed by atoms with Crippen molar-refractivity contribution >= 4 is 53.7 Å². The Balaban J connectivity index is 1.35. The van der Waals surface area contributed by atoms with Gasteiger partial charge in [0.15, 0.2) is 0 Å². The minimum Gasteiger partial charge on any atom is -0.355 e. The molecule has 2 heteroatoms. The highest BCUT2D eigenvalue weighted by molar-refractivity contribution is 7.25. The number of thiophene rings is 1. The van der Waals surface area contributed by atoms with Gasteiger partial charge in [-0.15, -0.1) is 11.3 Å². The summed E-state index contributed by atoms with van der Waals surface area (Å²) in [4.78, 5) is 0. The van der Waals surface area contributed by atoms with Gasteiger partial charge in [0.2, 0.25) is 0 Å². The number of benzene rings is 5. The molecule has 6 rings (SSSR count). The fourth-order valence-electron chi connectivity index (χ4n) is 4.14. The molecule has 1 aromatic heterocycles. The number of hydrogen-bond donors (Lipinski definition) is 1. The third kappa shape index (κ3) is 2.94. The normalized spacial score (nSPS) is 11.3. The van der Waals surface area contributed by atoms with Crippen LogP contribution in [0, 0.1) is 0 Å². The van der Waals surface area contributed by atoms with Crippen LogP contribution in [0.5, 0.6) is 0 Å². The lowest BCUT2D eigenvalue weighted by molar-refractivity contribution is 1.57. The number of hydrogen-bond acceptors (Lipinski definition) is 2. The van der Waals surface area contributed by atoms with Crippen LogP contribution >= 0.6 is 11.3 Å². The molecule has 0 aliphatic rings. The van der Waals surface area contributed by atoms with Gasteiger partial charge in [-0.05, 0) is 52.9 Å². The van der Waals surface area contributed by atoms with E-state index in [4.69, 9.17) is 0 Å². The maximum atomic E-state index is 3.58. The van der Waals surface area contributed by atoms with E-state index in [-0.39, 0.29) is 0 Å². The standard InChI is InChI=1S/C28H19NS/c1-2-8-23-20(6-1)7-5-10-26(23)29-22-15-12-19(13-16-22)21-14-17-28-25(18-21)24-9-3-4-11-27(24)30-28/h1-18,29H. The zero-order valence-corrected chi connectivity index (χ0v) is 17.1. The van der Waals surface area contributed by atoms with Crippen LogP contribution in [0.4, 0.5) is 11.4 Å². The molecule has 0 spiro atoms. The second-order valence-corrected chi connectivity index (χ2v) is 8.62. The Bertz CT molecular complexity index is 1500. The Morgan fingerprint density at radius 2 is 1.20 bits per heavy atom. The molecule has 0 atom stereocenters. The molecule has 0 aliphatic carbocycles. The molecule has 1 N–H and O–H groups in total. The van der Waals surface area contributed by atoms with Crippen LogP contribution in [0.1, 0.15) is 0 Å². The summed E-state index contributed by atoms with van der Waals surface area (Å²) in [5, 5.41) is 8.74. The highest BCUT2D eigenvalue weighted by Gasteiger charge is 2.07. The van der Waals surface area contributed by atoms with Gasteiger partial charge in [-0.25, -0.2) is 0 Å². The Morgan fingerprint density at radius 3 is 2.10 bits per heavy atom. The van der Waals surface area contributed by atoms with Crippen molar-refractivity contribution < 1.29 is 0 Å². The Kier molecular flexibility index (Phi) is 4.03. The van der Waals surface area contributed by atoms with Gasteiger partial charge >= 0.3 is 0 Å².